The van der Waals surface area contributed by atoms with Gasteiger partial charge in [0, 0.05) is 19.5 Å². The molecule has 25 heavy (non-hydrogen) atoms. The highest BCUT2D eigenvalue weighted by atomic mass is 16.5. The maximum Gasteiger partial charge on any atom is 0.220 e. The van der Waals surface area contributed by atoms with Gasteiger partial charge in [0.2, 0.25) is 5.91 Å². The standard InChI is InChI=1S/C20H34N2O3/c1-4-22(5-2)15-17-25-16-14-21-20(23)9-7-6-8-18-10-12-19(24-3)13-11-18/h10-13H,4-9,14-17H2,1-3H3,(H,21,23). The highest BCUT2D eigenvalue weighted by Crippen LogP contribution is 2.13. The van der Waals surface area contributed by atoms with Crippen molar-refractivity contribution in [1.82, 2.24) is 10.2 Å². The molecule has 1 aromatic rings. The summed E-state index contributed by atoms with van der Waals surface area (Å²) in [5, 5.41) is 2.92. The van der Waals surface area contributed by atoms with Crippen molar-refractivity contribution in [3.8, 4) is 5.75 Å². The molecular formula is C20H34N2O3. The number of ether oxygens (including phenoxy) is 2. The fourth-order valence-corrected chi connectivity index (χ4v) is 2.59. The number of rotatable bonds is 14. The fraction of sp³-hybridized carbons (Fsp3) is 0.650. The molecule has 1 rings (SSSR count). The van der Waals surface area contributed by atoms with Crippen LogP contribution in [0.15, 0.2) is 24.3 Å². The Morgan fingerprint density at radius 2 is 1.80 bits per heavy atom. The summed E-state index contributed by atoms with van der Waals surface area (Å²) in [4.78, 5) is 14.1. The number of likely N-dealkylation sites (N-methyl/N-ethyl adjacent to an activating group) is 1. The Morgan fingerprint density at radius 3 is 2.44 bits per heavy atom. The predicted octanol–water partition coefficient (Wildman–Crippen LogP) is 2.88. The van der Waals surface area contributed by atoms with Crippen LogP contribution in [-0.2, 0) is 16.0 Å². The molecule has 0 radical (unpaired) electrons. The lowest BCUT2D eigenvalue weighted by molar-refractivity contribution is -0.121. The average Bonchev–Trinajstić information content (AvgIpc) is 2.65. The zero-order chi connectivity index (χ0) is 18.3. The topological polar surface area (TPSA) is 50.8 Å². The van der Waals surface area contributed by atoms with Crippen LogP contribution in [-0.4, -0.2) is 57.3 Å². The van der Waals surface area contributed by atoms with Crippen molar-refractivity contribution >= 4 is 5.91 Å². The molecule has 0 aliphatic heterocycles. The van der Waals surface area contributed by atoms with Gasteiger partial charge in [0.1, 0.15) is 5.75 Å². The van der Waals surface area contributed by atoms with Gasteiger partial charge >= 0.3 is 0 Å². The van der Waals surface area contributed by atoms with Gasteiger partial charge < -0.3 is 19.7 Å². The summed E-state index contributed by atoms with van der Waals surface area (Å²) in [6.07, 6.45) is 3.49. The minimum absolute atomic E-state index is 0.113. The van der Waals surface area contributed by atoms with Crippen LogP contribution < -0.4 is 10.1 Å². The summed E-state index contributed by atoms with van der Waals surface area (Å²) in [5.74, 6) is 0.990. The van der Waals surface area contributed by atoms with Crippen LogP contribution in [0.5, 0.6) is 5.75 Å². The number of amides is 1. The first-order valence-corrected chi connectivity index (χ1v) is 9.39. The number of unbranched alkanes of at least 4 members (excludes halogenated alkanes) is 1. The van der Waals surface area contributed by atoms with E-state index in [1.165, 1.54) is 5.56 Å². The highest BCUT2D eigenvalue weighted by Gasteiger charge is 2.02. The lowest BCUT2D eigenvalue weighted by Crippen LogP contribution is -2.30. The van der Waals surface area contributed by atoms with E-state index in [9.17, 15) is 4.79 Å². The normalized spacial score (nSPS) is 10.9. The molecule has 0 saturated heterocycles. The van der Waals surface area contributed by atoms with E-state index < -0.39 is 0 Å². The minimum Gasteiger partial charge on any atom is -0.497 e. The van der Waals surface area contributed by atoms with E-state index in [0.29, 0.717) is 19.6 Å². The third-order valence-corrected chi connectivity index (χ3v) is 4.29. The summed E-state index contributed by atoms with van der Waals surface area (Å²) in [6, 6.07) is 8.10. The van der Waals surface area contributed by atoms with Gasteiger partial charge in [-0.1, -0.05) is 26.0 Å². The number of nitrogens with zero attached hydrogens (tertiary/aromatic N) is 1. The maximum atomic E-state index is 11.8. The fourth-order valence-electron chi connectivity index (χ4n) is 2.59. The van der Waals surface area contributed by atoms with Crippen molar-refractivity contribution in [3.05, 3.63) is 29.8 Å². The van der Waals surface area contributed by atoms with Gasteiger partial charge in [-0.3, -0.25) is 4.79 Å². The number of hydrogen-bond donors (Lipinski definition) is 1. The van der Waals surface area contributed by atoms with Crippen molar-refractivity contribution < 1.29 is 14.3 Å². The molecule has 0 aliphatic carbocycles. The van der Waals surface area contributed by atoms with Crippen LogP contribution in [0.1, 0.15) is 38.7 Å². The minimum atomic E-state index is 0.113. The Kier molecular flexibility index (Phi) is 11.7. The van der Waals surface area contributed by atoms with Gasteiger partial charge in [0.15, 0.2) is 0 Å². The first-order chi connectivity index (χ1) is 12.2. The first kappa shape index (κ1) is 21.5. The van der Waals surface area contributed by atoms with Gasteiger partial charge in [0.05, 0.1) is 20.3 Å². The third kappa shape index (κ3) is 10.1. The van der Waals surface area contributed by atoms with Crippen LogP contribution in [0.25, 0.3) is 0 Å². The molecule has 5 heteroatoms. The second-order valence-electron chi connectivity index (χ2n) is 6.04. The van der Waals surface area contributed by atoms with E-state index in [0.717, 1.165) is 51.3 Å². The Labute approximate surface area is 152 Å². The lowest BCUT2D eigenvalue weighted by atomic mass is 10.1. The molecule has 142 valence electrons. The Bertz CT molecular complexity index is 459. The monoisotopic (exact) mass is 350 g/mol. The zero-order valence-corrected chi connectivity index (χ0v) is 16.1. The molecule has 1 aromatic carbocycles. The Morgan fingerprint density at radius 1 is 1.08 bits per heavy atom. The molecule has 0 bridgehead atoms. The molecule has 0 heterocycles. The van der Waals surface area contributed by atoms with Crippen LogP contribution in [0, 0.1) is 0 Å². The predicted molar refractivity (Wildman–Crippen MR) is 102 cm³/mol. The zero-order valence-electron chi connectivity index (χ0n) is 16.1. The van der Waals surface area contributed by atoms with Crippen LogP contribution in [0.2, 0.25) is 0 Å². The molecule has 0 fully saturated rings. The largest absolute Gasteiger partial charge is 0.497 e. The van der Waals surface area contributed by atoms with E-state index in [4.69, 9.17) is 9.47 Å². The second kappa shape index (κ2) is 13.7. The number of hydrogen-bond acceptors (Lipinski definition) is 4. The maximum absolute atomic E-state index is 11.8. The molecule has 5 nitrogen and oxygen atoms in total. The smallest absolute Gasteiger partial charge is 0.220 e. The van der Waals surface area contributed by atoms with Crippen molar-refractivity contribution in [2.24, 2.45) is 0 Å². The summed E-state index contributed by atoms with van der Waals surface area (Å²) >= 11 is 0. The molecule has 0 aliphatic rings. The molecule has 0 atom stereocenters. The van der Waals surface area contributed by atoms with E-state index in [1.807, 2.05) is 12.1 Å². The lowest BCUT2D eigenvalue weighted by Gasteiger charge is -2.17. The van der Waals surface area contributed by atoms with Crippen molar-refractivity contribution in [2.45, 2.75) is 39.5 Å². The number of carbonyl (C=O) groups is 1. The van der Waals surface area contributed by atoms with Crippen LogP contribution >= 0.6 is 0 Å². The average molecular weight is 351 g/mol. The van der Waals surface area contributed by atoms with E-state index in [-0.39, 0.29) is 5.91 Å². The van der Waals surface area contributed by atoms with E-state index in [2.05, 4.69) is 36.2 Å². The molecule has 0 saturated carbocycles. The molecule has 0 spiro atoms. The molecule has 1 amide bonds. The van der Waals surface area contributed by atoms with Gasteiger partial charge in [-0.2, -0.15) is 0 Å². The van der Waals surface area contributed by atoms with E-state index >= 15 is 0 Å². The Balaban J connectivity index is 1.98. The first-order valence-electron chi connectivity index (χ1n) is 9.39. The molecule has 0 aromatic heterocycles. The number of nitrogens with one attached hydrogen (secondary N) is 1. The molecule has 0 unspecified atom stereocenters. The highest BCUT2D eigenvalue weighted by molar-refractivity contribution is 5.75. The summed E-state index contributed by atoms with van der Waals surface area (Å²) in [5.41, 5.74) is 1.28. The van der Waals surface area contributed by atoms with Crippen LogP contribution in [0.3, 0.4) is 0 Å². The van der Waals surface area contributed by atoms with Gasteiger partial charge in [-0.15, -0.1) is 0 Å². The number of benzene rings is 1. The van der Waals surface area contributed by atoms with Gasteiger partial charge in [-0.05, 0) is 50.0 Å². The SMILES string of the molecule is CCN(CC)CCOCCNC(=O)CCCCc1ccc(OC)cc1. The number of carbonyl (C=O) groups excluding carboxylic acids is 1. The summed E-state index contributed by atoms with van der Waals surface area (Å²) in [7, 11) is 1.67. The summed E-state index contributed by atoms with van der Waals surface area (Å²) < 4.78 is 10.7. The molecule has 1 N–H and O–H groups in total. The van der Waals surface area contributed by atoms with Crippen LogP contribution in [0.4, 0.5) is 0 Å². The number of aryl methyl sites for hydroxylation is 1. The number of methoxy groups -OCH3 is 1. The van der Waals surface area contributed by atoms with Gasteiger partial charge in [-0.25, -0.2) is 0 Å². The van der Waals surface area contributed by atoms with Crippen molar-refractivity contribution in [2.75, 3.05) is 46.5 Å². The van der Waals surface area contributed by atoms with Crippen molar-refractivity contribution in [1.29, 1.82) is 0 Å². The second-order valence-corrected chi connectivity index (χ2v) is 6.04. The third-order valence-electron chi connectivity index (χ3n) is 4.29. The van der Waals surface area contributed by atoms with Gasteiger partial charge in [0.25, 0.3) is 0 Å². The Hall–Kier alpha value is -1.59. The van der Waals surface area contributed by atoms with E-state index in [1.54, 1.807) is 7.11 Å². The molecular weight excluding hydrogens is 316 g/mol. The summed E-state index contributed by atoms with van der Waals surface area (Å²) in [6.45, 7) is 9.25. The quantitative estimate of drug-likeness (QED) is 0.524. The van der Waals surface area contributed by atoms with Crippen molar-refractivity contribution in [3.63, 3.8) is 0 Å².